The Hall–Kier alpha value is 0.0200. The van der Waals surface area contributed by atoms with Crippen molar-refractivity contribution >= 4 is 17.3 Å². The summed E-state index contributed by atoms with van der Waals surface area (Å²) in [6.45, 7) is 0. The first kappa shape index (κ1) is 5.02. The molecular weight excluding hydrogens is 82.1 g/mol. The fraction of sp³-hybridized carbons (Fsp3) is 0.667. The van der Waals surface area contributed by atoms with E-state index in [-0.39, 0.29) is 0 Å². The molecule has 0 unspecified atom stereocenters. The Balaban J connectivity index is 2.62. The first-order valence-electron chi connectivity index (χ1n) is 1.35. The molecule has 5 heavy (non-hydrogen) atoms. The Morgan fingerprint density at radius 1 is 1.80 bits per heavy atom. The van der Waals surface area contributed by atoms with Gasteiger partial charge in [-0.25, -0.2) is 0 Å². The topological polar surface area (TPSA) is 12.4 Å². The Morgan fingerprint density at radius 2 is 2.40 bits per heavy atom. The summed E-state index contributed by atoms with van der Waals surface area (Å²) in [4.78, 5) is 3.69. The Morgan fingerprint density at radius 3 is 2.40 bits per heavy atom. The van der Waals surface area contributed by atoms with Crippen molar-refractivity contribution in [2.75, 3.05) is 13.3 Å². The monoisotopic (exact) mass is 89.0 g/mol. The average Bonchev–Trinajstić information content (AvgIpc) is 1.41. The second-order valence-electron chi connectivity index (χ2n) is 0.599. The van der Waals surface area contributed by atoms with Crippen LogP contribution in [0.15, 0.2) is 4.99 Å². The number of thioether (sulfide) groups is 1. The maximum absolute atomic E-state index is 3.69. The highest BCUT2D eigenvalue weighted by Crippen LogP contribution is 1.78. The van der Waals surface area contributed by atoms with Crippen molar-refractivity contribution in [3.8, 4) is 0 Å². The van der Waals surface area contributed by atoms with Gasteiger partial charge in [0.15, 0.2) is 0 Å². The molecule has 0 fully saturated rings. The summed E-state index contributed by atoms with van der Waals surface area (Å²) in [6.07, 6.45) is 1.98. The van der Waals surface area contributed by atoms with E-state index in [0.717, 1.165) is 0 Å². The first-order chi connectivity index (χ1) is 2.41. The van der Waals surface area contributed by atoms with Crippen molar-refractivity contribution in [1.29, 1.82) is 0 Å². The largest absolute Gasteiger partial charge is 0.290 e. The van der Waals surface area contributed by atoms with Gasteiger partial charge in [-0.05, 0) is 6.26 Å². The fourth-order valence-electron chi connectivity index (χ4n) is 0.105. The van der Waals surface area contributed by atoms with Gasteiger partial charge in [-0.3, -0.25) is 4.99 Å². The first-order valence-corrected chi connectivity index (χ1v) is 2.64. The highest BCUT2D eigenvalue weighted by molar-refractivity contribution is 8.11. The summed E-state index contributed by atoms with van der Waals surface area (Å²) in [5, 5.41) is 0. The standard InChI is InChI=1S/C3H7NS/c1-4-3-5-2/h3H,1-2H3/b4-3+. The highest BCUT2D eigenvalue weighted by Gasteiger charge is 1.52. The minimum Gasteiger partial charge on any atom is -0.290 e. The van der Waals surface area contributed by atoms with E-state index in [1.807, 2.05) is 6.26 Å². The molecule has 0 heterocycles. The van der Waals surface area contributed by atoms with Crippen LogP contribution in [0.2, 0.25) is 0 Å². The molecule has 0 rings (SSSR count). The third kappa shape index (κ3) is 4.02. The minimum atomic E-state index is 1.61. The van der Waals surface area contributed by atoms with Crippen LogP contribution in [0.1, 0.15) is 0 Å². The van der Waals surface area contributed by atoms with Gasteiger partial charge in [-0.2, -0.15) is 0 Å². The van der Waals surface area contributed by atoms with Gasteiger partial charge >= 0.3 is 0 Å². The molecule has 0 aromatic rings. The molecule has 0 N–H and O–H groups in total. The van der Waals surface area contributed by atoms with Crippen LogP contribution in [0.4, 0.5) is 0 Å². The fourth-order valence-corrected chi connectivity index (χ4v) is 0.316. The lowest BCUT2D eigenvalue weighted by atomic mass is 11.4. The average molecular weight is 89.2 g/mol. The van der Waals surface area contributed by atoms with Crippen molar-refractivity contribution < 1.29 is 0 Å². The van der Waals surface area contributed by atoms with Crippen LogP contribution in [-0.2, 0) is 0 Å². The number of nitrogens with zero attached hydrogens (tertiary/aromatic N) is 1. The maximum Gasteiger partial charge on any atom is 0.0534 e. The van der Waals surface area contributed by atoms with Gasteiger partial charge in [-0.1, -0.05) is 0 Å². The van der Waals surface area contributed by atoms with E-state index in [4.69, 9.17) is 0 Å². The lowest BCUT2D eigenvalue weighted by Gasteiger charge is -1.66. The van der Waals surface area contributed by atoms with Crippen molar-refractivity contribution in [2.45, 2.75) is 0 Å². The van der Waals surface area contributed by atoms with Gasteiger partial charge in [0.25, 0.3) is 0 Å². The van der Waals surface area contributed by atoms with Crippen molar-refractivity contribution in [3.05, 3.63) is 0 Å². The lowest BCUT2D eigenvalue weighted by molar-refractivity contribution is 1.49. The van der Waals surface area contributed by atoms with Crippen LogP contribution in [0.5, 0.6) is 0 Å². The summed E-state index contributed by atoms with van der Waals surface area (Å²) in [5.74, 6) is 0. The predicted octanol–water partition coefficient (Wildman–Crippen LogP) is 1.01. The number of rotatable bonds is 1. The molecule has 2 heteroatoms. The summed E-state index contributed by atoms with van der Waals surface area (Å²) in [7, 11) is 1.76. The summed E-state index contributed by atoms with van der Waals surface area (Å²) in [5.41, 5.74) is 1.79. The van der Waals surface area contributed by atoms with Crippen LogP contribution < -0.4 is 0 Å². The van der Waals surface area contributed by atoms with Crippen LogP contribution in [0.25, 0.3) is 0 Å². The van der Waals surface area contributed by atoms with Gasteiger partial charge in [-0.15, -0.1) is 11.8 Å². The Bertz CT molecular complexity index is 33.9. The highest BCUT2D eigenvalue weighted by atomic mass is 32.2. The molecular formula is C3H7NS. The summed E-state index contributed by atoms with van der Waals surface area (Å²) in [6, 6.07) is 0. The zero-order valence-electron chi connectivity index (χ0n) is 3.43. The van der Waals surface area contributed by atoms with E-state index in [0.29, 0.717) is 0 Å². The number of aliphatic imine (C=N–C) groups is 1. The van der Waals surface area contributed by atoms with Crippen LogP contribution in [-0.4, -0.2) is 18.9 Å². The van der Waals surface area contributed by atoms with Gasteiger partial charge < -0.3 is 0 Å². The molecule has 0 amide bonds. The minimum absolute atomic E-state index is 1.61. The molecule has 0 aliphatic heterocycles. The van der Waals surface area contributed by atoms with Gasteiger partial charge in [0.1, 0.15) is 0 Å². The second kappa shape index (κ2) is 4.02. The molecule has 0 saturated heterocycles. The SMILES string of the molecule is C/N=C/SC. The molecule has 1 nitrogen and oxygen atoms in total. The molecule has 30 valence electrons. The third-order valence-corrected chi connectivity index (χ3v) is 0.632. The van der Waals surface area contributed by atoms with Crippen molar-refractivity contribution in [1.82, 2.24) is 0 Å². The molecule has 0 aromatic heterocycles. The second-order valence-corrected chi connectivity index (χ2v) is 1.28. The smallest absolute Gasteiger partial charge is 0.0534 e. The lowest BCUT2D eigenvalue weighted by Crippen LogP contribution is -1.52. The van der Waals surface area contributed by atoms with E-state index in [9.17, 15) is 0 Å². The van der Waals surface area contributed by atoms with Gasteiger partial charge in [0.05, 0.1) is 5.55 Å². The molecule has 0 aliphatic rings. The molecule has 0 aromatic carbocycles. The quantitative estimate of drug-likeness (QED) is 0.345. The number of hydrogen-bond acceptors (Lipinski definition) is 2. The van der Waals surface area contributed by atoms with Crippen molar-refractivity contribution in [2.24, 2.45) is 4.99 Å². The molecule has 0 atom stereocenters. The zero-order chi connectivity index (χ0) is 4.12. The van der Waals surface area contributed by atoms with E-state index in [2.05, 4.69) is 4.99 Å². The molecule has 0 saturated carbocycles. The van der Waals surface area contributed by atoms with Crippen LogP contribution in [0, 0.1) is 0 Å². The van der Waals surface area contributed by atoms with Crippen LogP contribution >= 0.6 is 11.8 Å². The van der Waals surface area contributed by atoms with Crippen LogP contribution in [0.3, 0.4) is 0 Å². The summed E-state index contributed by atoms with van der Waals surface area (Å²) >= 11 is 1.61. The predicted molar refractivity (Wildman–Crippen MR) is 27.9 cm³/mol. The Labute approximate surface area is 36.5 Å². The molecule has 0 aliphatic carbocycles. The van der Waals surface area contributed by atoms with E-state index >= 15 is 0 Å². The van der Waals surface area contributed by atoms with Crippen molar-refractivity contribution in [3.63, 3.8) is 0 Å². The van der Waals surface area contributed by atoms with E-state index < -0.39 is 0 Å². The summed E-state index contributed by atoms with van der Waals surface area (Å²) < 4.78 is 0. The normalized spacial score (nSPS) is 10.0. The molecule has 0 spiro atoms. The third-order valence-electron chi connectivity index (χ3n) is 0.211. The van der Waals surface area contributed by atoms with E-state index in [1.54, 1.807) is 24.4 Å². The van der Waals surface area contributed by atoms with E-state index in [1.165, 1.54) is 0 Å². The zero-order valence-corrected chi connectivity index (χ0v) is 4.25. The van der Waals surface area contributed by atoms with Gasteiger partial charge in [0.2, 0.25) is 0 Å². The molecule has 0 radical (unpaired) electrons. The number of hydrogen-bond donors (Lipinski definition) is 0. The maximum atomic E-state index is 3.69. The molecule has 0 bridgehead atoms. The van der Waals surface area contributed by atoms with Gasteiger partial charge in [0, 0.05) is 7.05 Å². The Kier molecular flexibility index (Phi) is 4.04.